The normalized spacial score (nSPS) is 16.2. The smallest absolute Gasteiger partial charge is 0.325 e. The van der Waals surface area contributed by atoms with E-state index in [9.17, 15) is 18.8 Å². The molecule has 1 aliphatic rings. The maximum absolute atomic E-state index is 14.7. The molecule has 0 spiro atoms. The van der Waals surface area contributed by atoms with Crippen LogP contribution in [0.5, 0.6) is 5.75 Å². The van der Waals surface area contributed by atoms with Crippen LogP contribution in [0.1, 0.15) is 41.9 Å². The van der Waals surface area contributed by atoms with Gasteiger partial charge in [0, 0.05) is 30.6 Å². The van der Waals surface area contributed by atoms with Gasteiger partial charge >= 0.3 is 6.03 Å². The van der Waals surface area contributed by atoms with E-state index in [1.807, 2.05) is 37.3 Å². The quantitative estimate of drug-likeness (QED) is 0.252. The van der Waals surface area contributed by atoms with E-state index in [2.05, 4.69) is 15.3 Å². The highest BCUT2D eigenvalue weighted by Gasteiger charge is 2.46. The lowest BCUT2D eigenvalue weighted by atomic mass is 9.91. The molecule has 0 saturated carbocycles. The fourth-order valence-corrected chi connectivity index (χ4v) is 5.03. The van der Waals surface area contributed by atoms with Crippen LogP contribution >= 0.6 is 11.6 Å². The zero-order valence-corrected chi connectivity index (χ0v) is 23.9. The zero-order chi connectivity index (χ0) is 30.0. The van der Waals surface area contributed by atoms with Gasteiger partial charge in [-0.1, -0.05) is 61.0 Å². The molecule has 1 saturated heterocycles. The molecule has 4 amide bonds. The summed E-state index contributed by atoms with van der Waals surface area (Å²) >= 11 is 5.92. The molecule has 0 bridgehead atoms. The van der Waals surface area contributed by atoms with Gasteiger partial charge in [0.05, 0.1) is 11.9 Å². The van der Waals surface area contributed by atoms with Crippen LogP contribution in [0.15, 0.2) is 79.0 Å². The molecule has 1 fully saturated rings. The second-order valence-electron chi connectivity index (χ2n) is 10.2. The highest BCUT2D eigenvalue weighted by Crippen LogP contribution is 2.39. The van der Waals surface area contributed by atoms with Crippen LogP contribution in [0.25, 0.3) is 11.3 Å². The number of carbonyl (C=O) groups is 3. The van der Waals surface area contributed by atoms with Crippen molar-refractivity contribution in [1.82, 2.24) is 25.1 Å². The van der Waals surface area contributed by atoms with Gasteiger partial charge in [-0.3, -0.25) is 14.5 Å². The summed E-state index contributed by atoms with van der Waals surface area (Å²) in [5, 5.41) is 3.05. The Hall–Kier alpha value is -4.70. The number of halogens is 2. The maximum Gasteiger partial charge on any atom is 0.325 e. The average molecular weight is 590 g/mol. The molecular formula is C31H29ClFN5O4. The zero-order valence-electron chi connectivity index (χ0n) is 23.2. The number of H-pyrrole nitrogens is 1. The van der Waals surface area contributed by atoms with Gasteiger partial charge in [-0.2, -0.15) is 0 Å². The number of nitrogens with zero attached hydrogens (tertiary/aromatic N) is 3. The fraction of sp³-hybridized carbons (Fsp3) is 0.226. The van der Waals surface area contributed by atoms with Crippen LogP contribution in [0.2, 0.25) is 5.02 Å². The van der Waals surface area contributed by atoms with E-state index >= 15 is 0 Å². The lowest BCUT2D eigenvalue weighted by molar-refractivity contribution is -0.131. The SMILES string of the molecule is C[C@@H](c1ccccc1)[C@@H](c1ncc(-c2ccc(Cl)cc2F)[nH]1)N1C(=O)NC(c2ccc(OCC(=O)N(C)C)cc2)C1=O. The minimum Gasteiger partial charge on any atom is -0.484 e. The third kappa shape index (κ3) is 5.84. The minimum absolute atomic E-state index is 0.122. The molecule has 9 nitrogen and oxygen atoms in total. The fourth-order valence-electron chi connectivity index (χ4n) is 4.87. The highest BCUT2D eigenvalue weighted by atomic mass is 35.5. The Labute approximate surface area is 247 Å². The Morgan fingerprint density at radius 3 is 2.48 bits per heavy atom. The van der Waals surface area contributed by atoms with E-state index in [1.54, 1.807) is 44.4 Å². The second-order valence-corrected chi connectivity index (χ2v) is 10.6. The number of aromatic amines is 1. The van der Waals surface area contributed by atoms with E-state index in [1.165, 1.54) is 28.1 Å². The number of hydrogen-bond acceptors (Lipinski definition) is 5. The van der Waals surface area contributed by atoms with Crippen molar-refractivity contribution < 1.29 is 23.5 Å². The monoisotopic (exact) mass is 589 g/mol. The standard InChI is InChI=1S/C31H29ClFN5O4/c1-18(19-7-5-4-6-8-19)28(29-34-16-25(35-29)23-14-11-21(32)15-24(23)33)38-30(40)27(36-31(38)41)20-9-12-22(13-10-20)42-17-26(39)37(2)3/h4-16,18,27-28H,17H2,1-3H3,(H,34,35)(H,36,41)/t18-,27?,28-/m0/s1. The van der Waals surface area contributed by atoms with E-state index in [0.717, 1.165) is 5.56 Å². The summed E-state index contributed by atoms with van der Waals surface area (Å²) in [7, 11) is 3.28. The minimum atomic E-state index is -0.941. The van der Waals surface area contributed by atoms with Crippen LogP contribution in [-0.4, -0.2) is 58.3 Å². The van der Waals surface area contributed by atoms with Crippen LogP contribution in [0.4, 0.5) is 9.18 Å². The molecule has 2 N–H and O–H groups in total. The van der Waals surface area contributed by atoms with Crippen molar-refractivity contribution in [3.8, 4) is 17.0 Å². The second kappa shape index (κ2) is 12.0. The van der Waals surface area contributed by atoms with Crippen LogP contribution in [0.3, 0.4) is 0 Å². The molecule has 42 heavy (non-hydrogen) atoms. The van der Waals surface area contributed by atoms with Gasteiger partial charge in [-0.15, -0.1) is 0 Å². The van der Waals surface area contributed by atoms with Gasteiger partial charge in [0.2, 0.25) is 0 Å². The van der Waals surface area contributed by atoms with Crippen molar-refractivity contribution in [3.05, 3.63) is 107 Å². The third-order valence-corrected chi connectivity index (χ3v) is 7.45. The first-order valence-electron chi connectivity index (χ1n) is 13.3. The molecule has 1 aromatic heterocycles. The number of likely N-dealkylation sites (N-methyl/N-ethyl adjacent to an activating group) is 1. The Kier molecular flexibility index (Phi) is 8.26. The van der Waals surface area contributed by atoms with Crippen molar-refractivity contribution in [2.24, 2.45) is 0 Å². The first-order valence-corrected chi connectivity index (χ1v) is 13.6. The van der Waals surface area contributed by atoms with Crippen molar-refractivity contribution in [1.29, 1.82) is 0 Å². The predicted octanol–water partition coefficient (Wildman–Crippen LogP) is 5.47. The van der Waals surface area contributed by atoms with Gasteiger partial charge in [0.1, 0.15) is 29.5 Å². The number of aromatic nitrogens is 2. The van der Waals surface area contributed by atoms with Crippen molar-refractivity contribution in [3.63, 3.8) is 0 Å². The molecule has 11 heteroatoms. The molecule has 5 rings (SSSR count). The predicted molar refractivity (Wildman–Crippen MR) is 155 cm³/mol. The number of ether oxygens (including phenoxy) is 1. The molecule has 0 aliphatic carbocycles. The number of hydrogen-bond donors (Lipinski definition) is 2. The number of amides is 4. The van der Waals surface area contributed by atoms with Crippen molar-refractivity contribution in [2.75, 3.05) is 20.7 Å². The molecule has 0 radical (unpaired) electrons. The summed E-state index contributed by atoms with van der Waals surface area (Å²) in [4.78, 5) is 49.3. The van der Waals surface area contributed by atoms with Gasteiger partial charge in [0.25, 0.3) is 11.8 Å². The summed E-state index contributed by atoms with van der Waals surface area (Å²) in [6.07, 6.45) is 1.47. The first-order chi connectivity index (χ1) is 20.1. The largest absolute Gasteiger partial charge is 0.484 e. The Bertz CT molecular complexity index is 1610. The number of benzene rings is 3. The number of nitrogens with one attached hydrogen (secondary N) is 2. The number of carbonyl (C=O) groups excluding carboxylic acids is 3. The summed E-state index contributed by atoms with van der Waals surface area (Å²) < 4.78 is 20.2. The van der Waals surface area contributed by atoms with Gasteiger partial charge in [-0.25, -0.2) is 14.2 Å². The molecule has 3 atom stereocenters. The van der Waals surface area contributed by atoms with E-state index in [0.29, 0.717) is 22.8 Å². The third-order valence-electron chi connectivity index (χ3n) is 7.22. The molecule has 3 aromatic carbocycles. The van der Waals surface area contributed by atoms with E-state index in [-0.39, 0.29) is 29.0 Å². The number of imide groups is 1. The van der Waals surface area contributed by atoms with Gasteiger partial charge in [0.15, 0.2) is 6.61 Å². The van der Waals surface area contributed by atoms with Gasteiger partial charge < -0.3 is 19.9 Å². The Balaban J connectivity index is 1.45. The van der Waals surface area contributed by atoms with Crippen LogP contribution in [0, 0.1) is 5.82 Å². The summed E-state index contributed by atoms with van der Waals surface area (Å²) in [6.45, 7) is 1.78. The number of rotatable bonds is 9. The van der Waals surface area contributed by atoms with E-state index < -0.39 is 29.8 Å². The topological polar surface area (TPSA) is 108 Å². The lowest BCUT2D eigenvalue weighted by Crippen LogP contribution is -2.38. The lowest BCUT2D eigenvalue weighted by Gasteiger charge is -2.29. The molecule has 216 valence electrons. The van der Waals surface area contributed by atoms with Crippen molar-refractivity contribution in [2.45, 2.75) is 24.9 Å². The number of imidazole rings is 1. The van der Waals surface area contributed by atoms with Gasteiger partial charge in [-0.05, 0) is 41.5 Å². The van der Waals surface area contributed by atoms with Crippen LogP contribution < -0.4 is 10.1 Å². The Morgan fingerprint density at radius 1 is 1.10 bits per heavy atom. The Morgan fingerprint density at radius 2 is 1.81 bits per heavy atom. The summed E-state index contributed by atoms with van der Waals surface area (Å²) in [5.41, 5.74) is 2.08. The maximum atomic E-state index is 14.7. The molecule has 2 heterocycles. The molecule has 4 aromatic rings. The first kappa shape index (κ1) is 28.8. The highest BCUT2D eigenvalue weighted by molar-refractivity contribution is 6.30. The number of urea groups is 1. The summed E-state index contributed by atoms with van der Waals surface area (Å²) in [6, 6.07) is 18.1. The van der Waals surface area contributed by atoms with Crippen molar-refractivity contribution >= 4 is 29.4 Å². The van der Waals surface area contributed by atoms with Crippen LogP contribution in [-0.2, 0) is 9.59 Å². The van der Waals surface area contributed by atoms with E-state index in [4.69, 9.17) is 16.3 Å². The average Bonchev–Trinajstić information content (AvgIpc) is 3.57. The molecular weight excluding hydrogens is 561 g/mol. The summed E-state index contributed by atoms with van der Waals surface area (Å²) in [5.74, 6) is -0.756. The molecule has 1 unspecified atom stereocenters. The molecule has 1 aliphatic heterocycles.